The Bertz CT molecular complexity index is 1620. The van der Waals surface area contributed by atoms with E-state index in [1.807, 2.05) is 24.3 Å². The van der Waals surface area contributed by atoms with Crippen LogP contribution in [0.4, 0.5) is 0 Å². The van der Waals surface area contributed by atoms with Gasteiger partial charge in [0.25, 0.3) is 5.91 Å². The molecule has 5 aromatic rings. The number of amides is 1. The summed E-state index contributed by atoms with van der Waals surface area (Å²) in [5, 5.41) is 0.807. The van der Waals surface area contributed by atoms with Crippen LogP contribution in [0.2, 0.25) is 0 Å². The van der Waals surface area contributed by atoms with Crippen molar-refractivity contribution in [3.05, 3.63) is 149 Å². The Hall–Kier alpha value is -4.32. The highest BCUT2D eigenvalue weighted by Crippen LogP contribution is 2.46. The number of para-hydroxylation sites is 1. The quantitative estimate of drug-likeness (QED) is 0.156. The van der Waals surface area contributed by atoms with E-state index >= 15 is 0 Å². The maximum Gasteiger partial charge on any atom is 0.275 e. The fraction of sp³-hybridized carbons (Fsp3) is 0.222. The molecular weight excluding hydrogens is 506 g/mol. The van der Waals surface area contributed by atoms with Gasteiger partial charge in [-0.15, -0.1) is 0 Å². The second-order valence-corrected chi connectivity index (χ2v) is 10.9. The number of hydrogen-bond donors (Lipinski definition) is 1. The predicted molar refractivity (Wildman–Crippen MR) is 163 cm³/mol. The summed E-state index contributed by atoms with van der Waals surface area (Å²) >= 11 is 0. The van der Waals surface area contributed by atoms with Crippen LogP contribution in [0, 0.1) is 0 Å². The number of hydrogen-bond acceptors (Lipinski definition) is 3. The Morgan fingerprint density at radius 3 is 2.17 bits per heavy atom. The molecule has 5 nitrogen and oxygen atoms in total. The number of carbonyl (C=O) groups excluding carboxylic acids is 1. The van der Waals surface area contributed by atoms with E-state index < -0.39 is 0 Å². The summed E-state index contributed by atoms with van der Waals surface area (Å²) in [6.45, 7) is 4.52. The summed E-state index contributed by atoms with van der Waals surface area (Å²) in [7, 11) is 0. The highest BCUT2D eigenvalue weighted by molar-refractivity contribution is 6.05. The molecular formula is C36H36N3O2+. The summed E-state index contributed by atoms with van der Waals surface area (Å²) in [4.78, 5) is 23.9. The third-order valence-corrected chi connectivity index (χ3v) is 8.68. The van der Waals surface area contributed by atoms with Gasteiger partial charge in [-0.2, -0.15) is 0 Å². The van der Waals surface area contributed by atoms with Crippen LogP contribution >= 0.6 is 0 Å². The summed E-state index contributed by atoms with van der Waals surface area (Å²) in [6, 6.07) is 40.0. The lowest BCUT2D eigenvalue weighted by atomic mass is 9.87. The lowest BCUT2D eigenvalue weighted by molar-refractivity contribution is -0.999. The molecule has 1 aliphatic rings. The first-order chi connectivity index (χ1) is 20.2. The predicted octanol–water partition coefficient (Wildman–Crippen LogP) is 7.36. The molecule has 2 heterocycles. The molecule has 1 N–H and O–H groups in total. The van der Waals surface area contributed by atoms with Crippen LogP contribution in [-0.2, 0) is 17.8 Å². The Balaban J connectivity index is 1.36. The molecule has 1 aliphatic heterocycles. The lowest BCUT2D eigenvalue weighted by Crippen LogP contribution is -2.56. The van der Waals surface area contributed by atoms with Crippen molar-refractivity contribution in [2.24, 2.45) is 0 Å². The third kappa shape index (κ3) is 5.39. The topological polar surface area (TPSA) is 51.2 Å². The van der Waals surface area contributed by atoms with E-state index in [1.165, 1.54) is 22.3 Å². The summed E-state index contributed by atoms with van der Waals surface area (Å²) in [5.74, 6) is -0.263. The minimum absolute atomic E-state index is 0.00389. The Morgan fingerprint density at radius 2 is 1.44 bits per heavy atom. The summed E-state index contributed by atoms with van der Waals surface area (Å²) in [6.07, 6.45) is 3.66. The molecule has 5 heteroatoms. The molecule has 0 saturated carbocycles. The van der Waals surface area contributed by atoms with Crippen molar-refractivity contribution >= 4 is 16.8 Å². The molecule has 0 aliphatic carbocycles. The minimum atomic E-state index is -0.263. The Morgan fingerprint density at radius 1 is 0.805 bits per heavy atom. The number of nitrogens with one attached hydrogen (secondary N) is 1. The van der Waals surface area contributed by atoms with Crippen LogP contribution in [0.1, 0.15) is 58.0 Å². The van der Waals surface area contributed by atoms with Gasteiger partial charge in [-0.1, -0.05) is 110 Å². The highest BCUT2D eigenvalue weighted by Gasteiger charge is 2.47. The first kappa shape index (κ1) is 26.9. The monoisotopic (exact) mass is 542 g/mol. The van der Waals surface area contributed by atoms with Crippen LogP contribution < -0.4 is 5.48 Å². The van der Waals surface area contributed by atoms with Crippen LogP contribution in [0.5, 0.6) is 0 Å². The van der Waals surface area contributed by atoms with Crippen molar-refractivity contribution in [1.29, 1.82) is 0 Å². The van der Waals surface area contributed by atoms with Crippen molar-refractivity contribution in [2.75, 3.05) is 13.2 Å². The van der Waals surface area contributed by atoms with Gasteiger partial charge in [0.15, 0.2) is 0 Å². The second kappa shape index (κ2) is 12.0. The van der Waals surface area contributed by atoms with Gasteiger partial charge in [0, 0.05) is 41.1 Å². The first-order valence-corrected chi connectivity index (χ1v) is 14.5. The van der Waals surface area contributed by atoms with E-state index in [-0.39, 0.29) is 18.0 Å². The van der Waals surface area contributed by atoms with E-state index in [0.717, 1.165) is 41.3 Å². The highest BCUT2D eigenvalue weighted by atomic mass is 16.7. The molecule has 41 heavy (non-hydrogen) atoms. The molecule has 4 aromatic carbocycles. The number of aromatic nitrogens is 1. The van der Waals surface area contributed by atoms with Gasteiger partial charge in [0.05, 0.1) is 17.6 Å². The molecule has 1 amide bonds. The largest absolute Gasteiger partial charge is 0.305 e. The zero-order valence-electron chi connectivity index (χ0n) is 23.4. The van der Waals surface area contributed by atoms with Gasteiger partial charge >= 0.3 is 0 Å². The van der Waals surface area contributed by atoms with Crippen molar-refractivity contribution in [3.8, 4) is 0 Å². The zero-order valence-corrected chi connectivity index (χ0v) is 23.4. The molecule has 0 radical (unpaired) electrons. The smallest absolute Gasteiger partial charge is 0.275 e. The molecule has 6 rings (SSSR count). The minimum Gasteiger partial charge on any atom is -0.305 e. The van der Waals surface area contributed by atoms with E-state index in [1.54, 1.807) is 12.3 Å². The van der Waals surface area contributed by atoms with E-state index in [0.29, 0.717) is 12.2 Å². The van der Waals surface area contributed by atoms with Crippen LogP contribution in [0.15, 0.2) is 121 Å². The number of nitrogens with zero attached hydrogens (tertiary/aromatic N) is 2. The zero-order chi connectivity index (χ0) is 28.1. The van der Waals surface area contributed by atoms with Gasteiger partial charge in [-0.05, 0) is 17.7 Å². The number of rotatable bonds is 9. The number of pyridine rings is 1. The van der Waals surface area contributed by atoms with Crippen LogP contribution in [-0.4, -0.2) is 28.5 Å². The van der Waals surface area contributed by atoms with E-state index in [4.69, 9.17) is 4.84 Å². The fourth-order valence-corrected chi connectivity index (χ4v) is 6.75. The molecule has 2 unspecified atom stereocenters. The summed E-state index contributed by atoms with van der Waals surface area (Å²) < 4.78 is 0.829. The summed E-state index contributed by atoms with van der Waals surface area (Å²) in [5.41, 5.74) is 9.49. The number of fused-ring (bicyclic) bond motifs is 2. The lowest BCUT2D eigenvalue weighted by Gasteiger charge is -2.52. The first-order valence-electron chi connectivity index (χ1n) is 14.5. The van der Waals surface area contributed by atoms with Gasteiger partial charge in [-0.3, -0.25) is 14.6 Å². The van der Waals surface area contributed by atoms with Crippen molar-refractivity contribution < 1.29 is 14.1 Å². The maximum atomic E-state index is 13.3. The molecule has 3 atom stereocenters. The van der Waals surface area contributed by atoms with Crippen molar-refractivity contribution in [2.45, 2.75) is 38.4 Å². The molecule has 0 bridgehead atoms. The Kier molecular flexibility index (Phi) is 7.90. The number of hydroxylamine groups is 1. The molecule has 0 spiro atoms. The normalized spacial score (nSPS) is 17.9. The van der Waals surface area contributed by atoms with Crippen molar-refractivity contribution in [3.63, 3.8) is 0 Å². The van der Waals surface area contributed by atoms with Crippen molar-refractivity contribution in [1.82, 2.24) is 10.5 Å². The SMILES string of the molecule is CCC(c1ccccc1)[N@+]1(C(CONC(=O)c2ccnc3ccccc23)c2ccccc2)CCc2ccccc2C1. The van der Waals surface area contributed by atoms with Gasteiger partial charge in [-0.25, -0.2) is 5.48 Å². The average molecular weight is 543 g/mol. The van der Waals surface area contributed by atoms with Gasteiger partial charge < -0.3 is 4.48 Å². The molecule has 0 saturated heterocycles. The molecule has 206 valence electrons. The molecule has 0 fully saturated rings. The van der Waals surface area contributed by atoms with Crippen LogP contribution in [0.3, 0.4) is 0 Å². The molecule has 1 aromatic heterocycles. The van der Waals surface area contributed by atoms with Gasteiger partial charge in [0.2, 0.25) is 0 Å². The second-order valence-electron chi connectivity index (χ2n) is 10.9. The van der Waals surface area contributed by atoms with Gasteiger partial charge in [0.1, 0.15) is 25.2 Å². The maximum absolute atomic E-state index is 13.3. The standard InChI is InChI=1S/C36H35N3O2/c1-2-34(28-14-5-3-6-15-28)39(24-22-27-13-9-10-18-30(27)25-39)35(29-16-7-4-8-17-29)26-41-38-36(40)32-21-23-37-33-20-12-11-19-31(32)33/h3-21,23,34-35H,2,22,24-26H2,1H3/p+1/t34?,35?,39-/m0/s1. The third-order valence-electron chi connectivity index (χ3n) is 8.68. The average Bonchev–Trinajstić information content (AvgIpc) is 3.04. The van der Waals surface area contributed by atoms with E-state index in [9.17, 15) is 4.79 Å². The van der Waals surface area contributed by atoms with E-state index in [2.05, 4.69) is 102 Å². The fourth-order valence-electron chi connectivity index (χ4n) is 6.75. The Labute approximate surface area is 242 Å². The number of benzene rings is 4. The number of carbonyl (C=O) groups is 1. The number of quaternary nitrogens is 1. The van der Waals surface area contributed by atoms with Crippen LogP contribution in [0.25, 0.3) is 10.9 Å².